The van der Waals surface area contributed by atoms with Crippen molar-refractivity contribution in [3.8, 4) is 0 Å². The van der Waals surface area contributed by atoms with Gasteiger partial charge in [-0.25, -0.2) is 4.79 Å². The van der Waals surface area contributed by atoms with Gasteiger partial charge in [0.15, 0.2) is 0 Å². The van der Waals surface area contributed by atoms with Crippen LogP contribution in [0.1, 0.15) is 33.1 Å². The van der Waals surface area contributed by atoms with Crippen molar-refractivity contribution in [3.05, 3.63) is 0 Å². The fourth-order valence-electron chi connectivity index (χ4n) is 1.46. The molecule has 0 spiro atoms. The van der Waals surface area contributed by atoms with Crippen molar-refractivity contribution < 1.29 is 14.3 Å². The Balaban J connectivity index is 2.09. The number of piperidine rings is 1. The molecule has 1 saturated heterocycles. The van der Waals surface area contributed by atoms with E-state index in [0.29, 0.717) is 12.6 Å². The molecule has 0 bridgehead atoms. The van der Waals surface area contributed by atoms with E-state index >= 15 is 0 Å². The summed E-state index contributed by atoms with van der Waals surface area (Å²) in [5.74, 6) is 0. The van der Waals surface area contributed by atoms with Crippen LogP contribution >= 0.6 is 0 Å². The van der Waals surface area contributed by atoms with Crippen LogP contribution < -0.4 is 5.32 Å². The van der Waals surface area contributed by atoms with Gasteiger partial charge < -0.3 is 14.8 Å². The van der Waals surface area contributed by atoms with Crippen LogP contribution in [0.15, 0.2) is 0 Å². The first-order chi connectivity index (χ1) is 6.68. The van der Waals surface area contributed by atoms with Crippen LogP contribution in [0.3, 0.4) is 0 Å². The molecular formula is C10H19NO3. The normalized spacial score (nSPS) is 22.1. The number of hydrogen-bond donors (Lipinski definition) is 1. The van der Waals surface area contributed by atoms with Gasteiger partial charge in [0.25, 0.3) is 0 Å². The van der Waals surface area contributed by atoms with Gasteiger partial charge in [0.2, 0.25) is 0 Å². The number of ether oxygens (including phenoxy) is 2. The zero-order valence-corrected chi connectivity index (χ0v) is 8.91. The van der Waals surface area contributed by atoms with E-state index < -0.39 is 6.16 Å². The van der Waals surface area contributed by atoms with Crippen LogP contribution in [-0.4, -0.2) is 31.5 Å². The monoisotopic (exact) mass is 201 g/mol. The summed E-state index contributed by atoms with van der Waals surface area (Å²) < 4.78 is 9.82. The Morgan fingerprint density at radius 3 is 2.86 bits per heavy atom. The van der Waals surface area contributed by atoms with Gasteiger partial charge in [-0.2, -0.15) is 0 Å². The highest BCUT2D eigenvalue weighted by molar-refractivity contribution is 5.60. The average Bonchev–Trinajstić information content (AvgIpc) is 2.15. The first kappa shape index (κ1) is 11.3. The molecule has 1 fully saturated rings. The van der Waals surface area contributed by atoms with Crippen molar-refractivity contribution in [1.82, 2.24) is 5.32 Å². The Morgan fingerprint density at radius 1 is 1.50 bits per heavy atom. The lowest BCUT2D eigenvalue weighted by atomic mass is 10.1. The molecule has 1 atom stereocenters. The van der Waals surface area contributed by atoms with Crippen molar-refractivity contribution in [2.24, 2.45) is 0 Å². The predicted octanol–water partition coefficient (Wildman–Crippen LogP) is 1.69. The molecule has 1 unspecified atom stereocenters. The van der Waals surface area contributed by atoms with Crippen LogP contribution in [0.25, 0.3) is 0 Å². The summed E-state index contributed by atoms with van der Waals surface area (Å²) in [7, 11) is 0. The summed E-state index contributed by atoms with van der Waals surface area (Å²) in [4.78, 5) is 11.0. The van der Waals surface area contributed by atoms with E-state index in [-0.39, 0.29) is 6.10 Å². The molecule has 1 N–H and O–H groups in total. The Labute approximate surface area is 85.0 Å². The lowest BCUT2D eigenvalue weighted by molar-refractivity contribution is 0.0273. The molecule has 4 nitrogen and oxygen atoms in total. The minimum absolute atomic E-state index is 0.109. The Bertz CT molecular complexity index is 176. The molecule has 0 aromatic carbocycles. The minimum Gasteiger partial charge on any atom is -0.433 e. The second kappa shape index (κ2) is 5.86. The molecule has 0 aromatic rings. The van der Waals surface area contributed by atoms with Gasteiger partial charge in [0, 0.05) is 6.04 Å². The van der Waals surface area contributed by atoms with Crippen molar-refractivity contribution in [2.75, 3.05) is 13.2 Å². The standard InChI is InChI=1S/C10H19NO3/c1-8(2)14-10(12)13-7-9-5-3-4-6-11-9/h8-9,11H,3-7H2,1-2H3. The average molecular weight is 201 g/mol. The van der Waals surface area contributed by atoms with Crippen LogP contribution in [0, 0.1) is 0 Å². The summed E-state index contributed by atoms with van der Waals surface area (Å²) in [6.45, 7) is 5.05. The molecule has 1 heterocycles. The Hall–Kier alpha value is -0.770. The SMILES string of the molecule is CC(C)OC(=O)OCC1CCCCN1. The molecule has 4 heteroatoms. The Kier molecular flexibility index (Phi) is 4.73. The van der Waals surface area contributed by atoms with Gasteiger partial charge in [0.1, 0.15) is 6.61 Å². The fraction of sp³-hybridized carbons (Fsp3) is 0.900. The number of carbonyl (C=O) groups is 1. The van der Waals surface area contributed by atoms with Gasteiger partial charge in [-0.05, 0) is 33.2 Å². The zero-order valence-electron chi connectivity index (χ0n) is 8.91. The molecule has 14 heavy (non-hydrogen) atoms. The first-order valence-electron chi connectivity index (χ1n) is 5.25. The second-order valence-electron chi connectivity index (χ2n) is 3.87. The summed E-state index contributed by atoms with van der Waals surface area (Å²) >= 11 is 0. The van der Waals surface area contributed by atoms with Crippen LogP contribution in [0.5, 0.6) is 0 Å². The maximum Gasteiger partial charge on any atom is 0.508 e. The summed E-state index contributed by atoms with van der Waals surface area (Å²) in [6.07, 6.45) is 2.83. The highest BCUT2D eigenvalue weighted by atomic mass is 16.7. The molecule has 0 aliphatic carbocycles. The van der Waals surface area contributed by atoms with Crippen LogP contribution in [-0.2, 0) is 9.47 Å². The third-order valence-electron chi connectivity index (χ3n) is 2.15. The molecule has 1 aliphatic rings. The lowest BCUT2D eigenvalue weighted by Crippen LogP contribution is -2.38. The molecule has 82 valence electrons. The third-order valence-corrected chi connectivity index (χ3v) is 2.15. The summed E-state index contributed by atoms with van der Waals surface area (Å²) in [5, 5.41) is 3.29. The topological polar surface area (TPSA) is 47.6 Å². The van der Waals surface area contributed by atoms with Gasteiger partial charge in [0.05, 0.1) is 6.10 Å². The predicted molar refractivity (Wildman–Crippen MR) is 53.2 cm³/mol. The van der Waals surface area contributed by atoms with E-state index in [0.717, 1.165) is 13.0 Å². The van der Waals surface area contributed by atoms with E-state index in [1.165, 1.54) is 12.8 Å². The van der Waals surface area contributed by atoms with Crippen molar-refractivity contribution >= 4 is 6.16 Å². The van der Waals surface area contributed by atoms with E-state index in [4.69, 9.17) is 9.47 Å². The lowest BCUT2D eigenvalue weighted by Gasteiger charge is -2.22. The largest absolute Gasteiger partial charge is 0.508 e. The van der Waals surface area contributed by atoms with Gasteiger partial charge in [-0.15, -0.1) is 0 Å². The van der Waals surface area contributed by atoms with Crippen molar-refractivity contribution in [3.63, 3.8) is 0 Å². The van der Waals surface area contributed by atoms with Gasteiger partial charge in [-0.3, -0.25) is 0 Å². The minimum atomic E-state index is -0.563. The smallest absolute Gasteiger partial charge is 0.433 e. The van der Waals surface area contributed by atoms with E-state index in [9.17, 15) is 4.79 Å². The summed E-state index contributed by atoms with van der Waals surface area (Å²) in [6, 6.07) is 0.309. The van der Waals surface area contributed by atoms with Gasteiger partial charge in [-0.1, -0.05) is 6.42 Å². The summed E-state index contributed by atoms with van der Waals surface area (Å²) in [5.41, 5.74) is 0. The molecule has 0 amide bonds. The Morgan fingerprint density at radius 2 is 2.29 bits per heavy atom. The number of nitrogens with one attached hydrogen (secondary N) is 1. The number of hydrogen-bond acceptors (Lipinski definition) is 4. The molecule has 1 aliphatic heterocycles. The molecule has 0 saturated carbocycles. The quantitative estimate of drug-likeness (QED) is 0.706. The van der Waals surface area contributed by atoms with E-state index in [1.54, 1.807) is 13.8 Å². The maximum absolute atomic E-state index is 11.0. The second-order valence-corrected chi connectivity index (χ2v) is 3.87. The van der Waals surface area contributed by atoms with E-state index in [1.807, 2.05) is 0 Å². The van der Waals surface area contributed by atoms with Crippen molar-refractivity contribution in [2.45, 2.75) is 45.3 Å². The van der Waals surface area contributed by atoms with E-state index in [2.05, 4.69) is 5.32 Å². The first-order valence-corrected chi connectivity index (χ1v) is 5.25. The highest BCUT2D eigenvalue weighted by Crippen LogP contribution is 2.07. The van der Waals surface area contributed by atoms with Crippen molar-refractivity contribution in [1.29, 1.82) is 0 Å². The molecule has 0 radical (unpaired) electrons. The number of carbonyl (C=O) groups excluding carboxylic acids is 1. The molecule has 1 rings (SSSR count). The zero-order chi connectivity index (χ0) is 10.4. The van der Waals surface area contributed by atoms with Gasteiger partial charge >= 0.3 is 6.16 Å². The molecular weight excluding hydrogens is 182 g/mol. The van der Waals surface area contributed by atoms with Crippen LogP contribution in [0.2, 0.25) is 0 Å². The third kappa shape index (κ3) is 4.46. The number of rotatable bonds is 3. The highest BCUT2D eigenvalue weighted by Gasteiger charge is 2.15. The van der Waals surface area contributed by atoms with Crippen LogP contribution in [0.4, 0.5) is 4.79 Å². The fourth-order valence-corrected chi connectivity index (χ4v) is 1.46. The molecule has 0 aromatic heterocycles. The maximum atomic E-state index is 11.0.